The summed E-state index contributed by atoms with van der Waals surface area (Å²) in [5.41, 5.74) is 1.77. The van der Waals surface area contributed by atoms with E-state index in [0.717, 1.165) is 29.9 Å². The van der Waals surface area contributed by atoms with Gasteiger partial charge in [-0.3, -0.25) is 9.59 Å². The zero-order valence-electron chi connectivity index (χ0n) is 12.5. The molecular formula is C16H19N3O3. The average Bonchev–Trinajstić information content (AvgIpc) is 3.33. The number of hydrogen-bond acceptors (Lipinski definition) is 4. The minimum atomic E-state index is -0.143. The summed E-state index contributed by atoms with van der Waals surface area (Å²) in [7, 11) is 1.62. The summed E-state index contributed by atoms with van der Waals surface area (Å²) in [4.78, 5) is 23.8. The Morgan fingerprint density at radius 3 is 2.68 bits per heavy atom. The lowest BCUT2D eigenvalue weighted by atomic mass is 10.0. The predicted octanol–water partition coefficient (Wildman–Crippen LogP) is 1.30. The second kappa shape index (κ2) is 6.17. The van der Waals surface area contributed by atoms with Crippen LogP contribution in [0.2, 0.25) is 0 Å². The molecule has 1 N–H and O–H groups in total. The Kier molecular flexibility index (Phi) is 4.09. The highest BCUT2D eigenvalue weighted by Gasteiger charge is 2.27. The number of hydrazone groups is 1. The van der Waals surface area contributed by atoms with Crippen molar-refractivity contribution in [2.75, 3.05) is 13.7 Å². The van der Waals surface area contributed by atoms with Crippen molar-refractivity contribution in [2.24, 2.45) is 5.10 Å². The summed E-state index contributed by atoms with van der Waals surface area (Å²) >= 11 is 0. The molecule has 0 unspecified atom stereocenters. The van der Waals surface area contributed by atoms with Crippen LogP contribution in [-0.4, -0.2) is 42.2 Å². The molecule has 1 aromatic rings. The van der Waals surface area contributed by atoms with E-state index >= 15 is 0 Å². The number of rotatable bonds is 5. The Labute approximate surface area is 129 Å². The van der Waals surface area contributed by atoms with Crippen LogP contribution >= 0.6 is 0 Å². The highest BCUT2D eigenvalue weighted by Crippen LogP contribution is 2.20. The predicted molar refractivity (Wildman–Crippen MR) is 81.6 cm³/mol. The van der Waals surface area contributed by atoms with Crippen LogP contribution in [0.1, 0.15) is 31.2 Å². The molecule has 116 valence electrons. The van der Waals surface area contributed by atoms with Crippen LogP contribution in [0.25, 0.3) is 0 Å². The molecule has 1 saturated carbocycles. The van der Waals surface area contributed by atoms with Gasteiger partial charge in [0.25, 0.3) is 0 Å². The zero-order chi connectivity index (χ0) is 15.5. The molecule has 1 fully saturated rings. The SMILES string of the molecule is COc1ccc(C2=NN(CC(=O)NC3CC3)C(=O)CC2)cc1. The highest BCUT2D eigenvalue weighted by molar-refractivity contribution is 6.04. The van der Waals surface area contributed by atoms with E-state index in [9.17, 15) is 9.59 Å². The van der Waals surface area contributed by atoms with Gasteiger partial charge in [0.05, 0.1) is 12.8 Å². The molecule has 0 radical (unpaired) electrons. The molecule has 0 atom stereocenters. The van der Waals surface area contributed by atoms with Crippen LogP contribution in [0.15, 0.2) is 29.4 Å². The molecule has 22 heavy (non-hydrogen) atoms. The van der Waals surface area contributed by atoms with Crippen molar-refractivity contribution in [3.05, 3.63) is 29.8 Å². The Hall–Kier alpha value is -2.37. The molecule has 6 heteroatoms. The van der Waals surface area contributed by atoms with Crippen LogP contribution < -0.4 is 10.1 Å². The van der Waals surface area contributed by atoms with Gasteiger partial charge < -0.3 is 10.1 Å². The van der Waals surface area contributed by atoms with E-state index in [1.54, 1.807) is 7.11 Å². The number of nitrogens with one attached hydrogen (secondary N) is 1. The summed E-state index contributed by atoms with van der Waals surface area (Å²) in [6, 6.07) is 7.83. The van der Waals surface area contributed by atoms with E-state index in [-0.39, 0.29) is 24.4 Å². The number of benzene rings is 1. The standard InChI is InChI=1S/C16H19N3O3/c1-22-13-6-2-11(3-7-13)14-8-9-16(21)19(18-14)10-15(20)17-12-4-5-12/h2-3,6-7,12H,4-5,8-10H2,1H3,(H,17,20). The first kappa shape index (κ1) is 14.6. The highest BCUT2D eigenvalue weighted by atomic mass is 16.5. The average molecular weight is 301 g/mol. The van der Waals surface area contributed by atoms with Crippen LogP contribution in [0, 0.1) is 0 Å². The number of methoxy groups -OCH3 is 1. The smallest absolute Gasteiger partial charge is 0.243 e. The monoisotopic (exact) mass is 301 g/mol. The van der Waals surface area contributed by atoms with E-state index in [1.165, 1.54) is 5.01 Å². The van der Waals surface area contributed by atoms with E-state index in [1.807, 2.05) is 24.3 Å². The number of ether oxygens (including phenoxy) is 1. The molecule has 1 aliphatic carbocycles. The summed E-state index contributed by atoms with van der Waals surface area (Å²) < 4.78 is 5.13. The Balaban J connectivity index is 1.71. The summed E-state index contributed by atoms with van der Waals surface area (Å²) in [6.07, 6.45) is 3.02. The molecule has 6 nitrogen and oxygen atoms in total. The van der Waals surface area contributed by atoms with Gasteiger partial charge in [0.1, 0.15) is 12.3 Å². The Bertz CT molecular complexity index is 606. The molecule has 2 amide bonds. The molecule has 1 heterocycles. The van der Waals surface area contributed by atoms with Gasteiger partial charge in [0, 0.05) is 18.9 Å². The first-order chi connectivity index (χ1) is 10.7. The van der Waals surface area contributed by atoms with Crippen LogP contribution in [0.3, 0.4) is 0 Å². The van der Waals surface area contributed by atoms with Gasteiger partial charge in [-0.15, -0.1) is 0 Å². The fourth-order valence-electron chi connectivity index (χ4n) is 2.35. The van der Waals surface area contributed by atoms with Crippen molar-refractivity contribution < 1.29 is 14.3 Å². The van der Waals surface area contributed by atoms with Crippen molar-refractivity contribution >= 4 is 17.5 Å². The Morgan fingerprint density at radius 2 is 2.05 bits per heavy atom. The molecular weight excluding hydrogens is 282 g/mol. The fraction of sp³-hybridized carbons (Fsp3) is 0.438. The van der Waals surface area contributed by atoms with Crippen molar-refractivity contribution in [3.8, 4) is 5.75 Å². The minimum absolute atomic E-state index is 0.00497. The Morgan fingerprint density at radius 1 is 1.32 bits per heavy atom. The summed E-state index contributed by atoms with van der Waals surface area (Å²) in [5, 5.41) is 8.51. The van der Waals surface area contributed by atoms with Crippen molar-refractivity contribution in [1.29, 1.82) is 0 Å². The molecule has 0 bridgehead atoms. The molecule has 3 rings (SSSR count). The normalized spacial score (nSPS) is 18.0. The molecule has 1 aromatic carbocycles. The third-order valence-electron chi connectivity index (χ3n) is 3.76. The van der Waals surface area contributed by atoms with Gasteiger partial charge >= 0.3 is 0 Å². The zero-order valence-corrected chi connectivity index (χ0v) is 12.5. The lowest BCUT2D eigenvalue weighted by molar-refractivity contribution is -0.136. The second-order valence-electron chi connectivity index (χ2n) is 5.57. The lowest BCUT2D eigenvalue weighted by Crippen LogP contribution is -2.41. The van der Waals surface area contributed by atoms with Crippen LogP contribution in [0.4, 0.5) is 0 Å². The maximum absolute atomic E-state index is 11.9. The summed E-state index contributed by atoms with van der Waals surface area (Å²) in [6.45, 7) is -0.00497. The second-order valence-corrected chi connectivity index (χ2v) is 5.57. The third kappa shape index (κ3) is 3.44. The first-order valence-corrected chi connectivity index (χ1v) is 7.47. The van der Waals surface area contributed by atoms with Crippen molar-refractivity contribution in [2.45, 2.75) is 31.7 Å². The van der Waals surface area contributed by atoms with Gasteiger partial charge in [-0.25, -0.2) is 5.01 Å². The maximum Gasteiger partial charge on any atom is 0.243 e. The molecule has 0 saturated heterocycles. The number of carbonyl (C=O) groups is 2. The number of amides is 2. The van der Waals surface area contributed by atoms with E-state index in [0.29, 0.717) is 12.8 Å². The topological polar surface area (TPSA) is 71.0 Å². The van der Waals surface area contributed by atoms with Crippen molar-refractivity contribution in [3.63, 3.8) is 0 Å². The van der Waals surface area contributed by atoms with Crippen LogP contribution in [-0.2, 0) is 9.59 Å². The number of hydrogen-bond donors (Lipinski definition) is 1. The number of carbonyl (C=O) groups excluding carboxylic acids is 2. The quantitative estimate of drug-likeness (QED) is 0.891. The third-order valence-corrected chi connectivity index (χ3v) is 3.76. The molecule has 0 aromatic heterocycles. The van der Waals surface area contributed by atoms with Gasteiger partial charge in [0.2, 0.25) is 11.8 Å². The minimum Gasteiger partial charge on any atom is -0.497 e. The maximum atomic E-state index is 11.9. The van der Waals surface area contributed by atoms with Gasteiger partial charge in [-0.2, -0.15) is 5.10 Å². The molecule has 2 aliphatic rings. The van der Waals surface area contributed by atoms with Crippen molar-refractivity contribution in [1.82, 2.24) is 10.3 Å². The molecule has 1 aliphatic heterocycles. The van der Waals surface area contributed by atoms with Gasteiger partial charge in [-0.1, -0.05) is 0 Å². The summed E-state index contributed by atoms with van der Waals surface area (Å²) in [5.74, 6) is 0.524. The lowest BCUT2D eigenvalue weighted by Gasteiger charge is -2.23. The van der Waals surface area contributed by atoms with Gasteiger partial charge in [0.15, 0.2) is 0 Å². The van der Waals surface area contributed by atoms with Crippen LogP contribution in [0.5, 0.6) is 5.75 Å². The largest absolute Gasteiger partial charge is 0.497 e. The first-order valence-electron chi connectivity index (χ1n) is 7.47. The van der Waals surface area contributed by atoms with Gasteiger partial charge in [-0.05, 0) is 42.7 Å². The van der Waals surface area contributed by atoms with E-state index in [2.05, 4.69) is 10.4 Å². The molecule has 0 spiro atoms. The fourth-order valence-corrected chi connectivity index (χ4v) is 2.35. The number of nitrogens with zero attached hydrogens (tertiary/aromatic N) is 2. The van der Waals surface area contributed by atoms with E-state index < -0.39 is 0 Å². The van der Waals surface area contributed by atoms with E-state index in [4.69, 9.17) is 4.74 Å².